The lowest BCUT2D eigenvalue weighted by atomic mass is 9.90. The molecule has 0 N–H and O–H groups in total. The second-order valence-corrected chi connectivity index (χ2v) is 4.23. The molecule has 1 fully saturated rings. The third-order valence-electron chi connectivity index (χ3n) is 3.45. The fourth-order valence-corrected chi connectivity index (χ4v) is 2.60. The Morgan fingerprint density at radius 3 is 3.14 bits per heavy atom. The van der Waals surface area contributed by atoms with E-state index in [1.807, 2.05) is 0 Å². The Labute approximate surface area is 84.5 Å². The summed E-state index contributed by atoms with van der Waals surface area (Å²) in [6.07, 6.45) is 2.56. The first-order valence-electron chi connectivity index (χ1n) is 5.27. The molecule has 3 rings (SSSR count). The molecule has 0 radical (unpaired) electrons. The molecular formula is C12H15NO. The highest BCUT2D eigenvalue weighted by Gasteiger charge is 2.35. The molecule has 0 aliphatic carbocycles. The van der Waals surface area contributed by atoms with Gasteiger partial charge in [0.1, 0.15) is 6.23 Å². The Hall–Kier alpha value is -0.860. The van der Waals surface area contributed by atoms with Gasteiger partial charge in [0.2, 0.25) is 0 Å². The second kappa shape index (κ2) is 3.07. The number of rotatable bonds is 0. The Balaban J connectivity index is 2.08. The molecule has 2 bridgehead atoms. The number of hydrogen-bond donors (Lipinski definition) is 0. The molecule has 2 aliphatic rings. The molecule has 1 aromatic rings. The number of fused-ring (bicyclic) bond motifs is 4. The minimum absolute atomic E-state index is 0.207. The highest BCUT2D eigenvalue weighted by molar-refractivity contribution is 5.32. The predicted molar refractivity (Wildman–Crippen MR) is 55.0 cm³/mol. The SMILES string of the molecule is CN1C2CCOC1c1ccccc1C2. The van der Waals surface area contributed by atoms with Crippen LogP contribution in [0, 0.1) is 0 Å². The van der Waals surface area contributed by atoms with E-state index in [1.54, 1.807) is 0 Å². The van der Waals surface area contributed by atoms with E-state index in [9.17, 15) is 0 Å². The van der Waals surface area contributed by atoms with Crippen molar-refractivity contribution in [2.45, 2.75) is 25.1 Å². The van der Waals surface area contributed by atoms with Gasteiger partial charge >= 0.3 is 0 Å². The maximum absolute atomic E-state index is 5.81. The van der Waals surface area contributed by atoms with Crippen LogP contribution < -0.4 is 0 Å². The molecule has 14 heavy (non-hydrogen) atoms. The first-order valence-corrected chi connectivity index (χ1v) is 5.27. The standard InChI is InChI=1S/C12H15NO/c1-13-10-6-7-14-12(13)11-5-3-2-4-9(11)8-10/h2-5,10,12H,6-8H2,1H3. The highest BCUT2D eigenvalue weighted by atomic mass is 16.5. The zero-order valence-corrected chi connectivity index (χ0v) is 8.44. The summed E-state index contributed by atoms with van der Waals surface area (Å²) in [6.45, 7) is 0.911. The van der Waals surface area contributed by atoms with Gasteiger partial charge in [0.05, 0.1) is 6.61 Å². The van der Waals surface area contributed by atoms with E-state index in [2.05, 4.69) is 36.2 Å². The minimum atomic E-state index is 0.207. The third kappa shape index (κ3) is 1.11. The van der Waals surface area contributed by atoms with Crippen LogP contribution >= 0.6 is 0 Å². The average Bonchev–Trinajstić information content (AvgIpc) is 2.18. The lowest BCUT2D eigenvalue weighted by Crippen LogP contribution is -2.46. The molecule has 0 aromatic heterocycles. The van der Waals surface area contributed by atoms with Gasteiger partial charge in [-0.2, -0.15) is 0 Å². The van der Waals surface area contributed by atoms with Gasteiger partial charge in [0, 0.05) is 6.04 Å². The first kappa shape index (κ1) is 8.45. The molecule has 2 atom stereocenters. The number of likely N-dealkylation sites (N-methyl/N-ethyl adjacent to an activating group) is 1. The Morgan fingerprint density at radius 1 is 1.36 bits per heavy atom. The van der Waals surface area contributed by atoms with Crippen LogP contribution in [0.15, 0.2) is 24.3 Å². The smallest absolute Gasteiger partial charge is 0.137 e. The molecule has 2 unspecified atom stereocenters. The fraction of sp³-hybridized carbons (Fsp3) is 0.500. The zero-order valence-electron chi connectivity index (χ0n) is 8.44. The van der Waals surface area contributed by atoms with Crippen LogP contribution in [0.1, 0.15) is 23.8 Å². The van der Waals surface area contributed by atoms with Crippen LogP contribution in [0.4, 0.5) is 0 Å². The Kier molecular flexibility index (Phi) is 1.85. The van der Waals surface area contributed by atoms with E-state index >= 15 is 0 Å². The van der Waals surface area contributed by atoms with Gasteiger partial charge in [0.25, 0.3) is 0 Å². The van der Waals surface area contributed by atoms with E-state index < -0.39 is 0 Å². The molecule has 74 valence electrons. The molecule has 2 heteroatoms. The van der Waals surface area contributed by atoms with E-state index in [0.29, 0.717) is 6.04 Å². The van der Waals surface area contributed by atoms with Crippen molar-refractivity contribution in [3.05, 3.63) is 35.4 Å². The van der Waals surface area contributed by atoms with Crippen molar-refractivity contribution in [1.82, 2.24) is 4.90 Å². The zero-order chi connectivity index (χ0) is 9.54. The van der Waals surface area contributed by atoms with Crippen LogP contribution in [0.5, 0.6) is 0 Å². The number of hydrogen-bond acceptors (Lipinski definition) is 2. The largest absolute Gasteiger partial charge is 0.359 e. The van der Waals surface area contributed by atoms with Crippen LogP contribution in [0.25, 0.3) is 0 Å². The van der Waals surface area contributed by atoms with Crippen molar-refractivity contribution < 1.29 is 4.74 Å². The van der Waals surface area contributed by atoms with Crippen molar-refractivity contribution in [3.63, 3.8) is 0 Å². The average molecular weight is 189 g/mol. The molecule has 0 spiro atoms. The molecule has 1 saturated heterocycles. The monoisotopic (exact) mass is 189 g/mol. The van der Waals surface area contributed by atoms with Crippen molar-refractivity contribution >= 4 is 0 Å². The lowest BCUT2D eigenvalue weighted by molar-refractivity contribution is -0.121. The summed E-state index contributed by atoms with van der Waals surface area (Å²) in [5.41, 5.74) is 2.84. The summed E-state index contributed by atoms with van der Waals surface area (Å²) in [7, 11) is 2.17. The van der Waals surface area contributed by atoms with Crippen molar-refractivity contribution in [1.29, 1.82) is 0 Å². The van der Waals surface area contributed by atoms with Crippen molar-refractivity contribution in [3.8, 4) is 0 Å². The molecule has 2 nitrogen and oxygen atoms in total. The van der Waals surface area contributed by atoms with E-state index in [-0.39, 0.29) is 6.23 Å². The van der Waals surface area contributed by atoms with Crippen molar-refractivity contribution in [2.75, 3.05) is 13.7 Å². The van der Waals surface area contributed by atoms with Gasteiger partial charge in [-0.25, -0.2) is 0 Å². The van der Waals surface area contributed by atoms with Crippen LogP contribution in [-0.4, -0.2) is 24.6 Å². The molecule has 0 amide bonds. The van der Waals surface area contributed by atoms with Gasteiger partial charge in [-0.1, -0.05) is 24.3 Å². The maximum atomic E-state index is 5.81. The maximum Gasteiger partial charge on any atom is 0.137 e. The summed E-state index contributed by atoms with van der Waals surface area (Å²) in [6, 6.07) is 9.34. The van der Waals surface area contributed by atoms with Gasteiger partial charge < -0.3 is 4.74 Å². The lowest BCUT2D eigenvalue weighted by Gasteiger charge is -2.44. The molecule has 0 saturated carbocycles. The number of nitrogens with zero attached hydrogens (tertiary/aromatic N) is 1. The van der Waals surface area contributed by atoms with Gasteiger partial charge in [-0.3, -0.25) is 4.90 Å². The Morgan fingerprint density at radius 2 is 2.21 bits per heavy atom. The summed E-state index contributed by atoms with van der Waals surface area (Å²) >= 11 is 0. The molecule has 1 aromatic carbocycles. The van der Waals surface area contributed by atoms with E-state index in [1.165, 1.54) is 24.0 Å². The van der Waals surface area contributed by atoms with Crippen LogP contribution in [-0.2, 0) is 11.2 Å². The predicted octanol–water partition coefficient (Wildman–Crippen LogP) is 1.96. The highest BCUT2D eigenvalue weighted by Crippen LogP contribution is 2.36. The first-order chi connectivity index (χ1) is 6.86. The van der Waals surface area contributed by atoms with E-state index in [4.69, 9.17) is 4.74 Å². The molecule has 2 heterocycles. The summed E-state index contributed by atoms with van der Waals surface area (Å²) in [4.78, 5) is 2.37. The Bertz CT molecular complexity index is 350. The third-order valence-corrected chi connectivity index (χ3v) is 3.45. The molecular weight excluding hydrogens is 174 g/mol. The van der Waals surface area contributed by atoms with E-state index in [0.717, 1.165) is 6.61 Å². The second-order valence-electron chi connectivity index (χ2n) is 4.23. The van der Waals surface area contributed by atoms with Gasteiger partial charge in [-0.15, -0.1) is 0 Å². The molecule has 2 aliphatic heterocycles. The number of benzene rings is 1. The normalized spacial score (nSPS) is 31.2. The summed E-state index contributed by atoms with van der Waals surface area (Å²) < 4.78 is 5.81. The van der Waals surface area contributed by atoms with Crippen molar-refractivity contribution in [2.24, 2.45) is 0 Å². The number of ether oxygens (including phenoxy) is 1. The van der Waals surface area contributed by atoms with Crippen LogP contribution in [0.3, 0.4) is 0 Å². The van der Waals surface area contributed by atoms with Gasteiger partial charge in [-0.05, 0) is 31.0 Å². The van der Waals surface area contributed by atoms with Crippen LogP contribution in [0.2, 0.25) is 0 Å². The summed E-state index contributed by atoms with van der Waals surface area (Å²) in [5.74, 6) is 0. The minimum Gasteiger partial charge on any atom is -0.359 e. The quantitative estimate of drug-likeness (QED) is 0.618. The summed E-state index contributed by atoms with van der Waals surface area (Å²) in [5, 5.41) is 0. The van der Waals surface area contributed by atoms with Gasteiger partial charge in [0.15, 0.2) is 0 Å². The topological polar surface area (TPSA) is 12.5 Å². The fourth-order valence-electron chi connectivity index (χ4n) is 2.60.